The van der Waals surface area contributed by atoms with Gasteiger partial charge in [0, 0.05) is 31.2 Å². The van der Waals surface area contributed by atoms with Crippen LogP contribution in [0.5, 0.6) is 0 Å². The van der Waals surface area contributed by atoms with Crippen molar-refractivity contribution in [2.24, 2.45) is 0 Å². The maximum atomic E-state index is 11.8. The third kappa shape index (κ3) is 5.34. The number of aryl methyl sites for hydroxylation is 1. The van der Waals surface area contributed by atoms with Gasteiger partial charge < -0.3 is 20.3 Å². The fraction of sp³-hybridized carbons (Fsp3) is 0.476. The molecule has 0 spiro atoms. The first kappa shape index (κ1) is 19.9. The molecule has 1 atom stereocenters. The van der Waals surface area contributed by atoms with Crippen LogP contribution in [0, 0.1) is 6.92 Å². The van der Waals surface area contributed by atoms with E-state index in [0.717, 1.165) is 30.3 Å². The summed E-state index contributed by atoms with van der Waals surface area (Å²) in [6.07, 6.45) is 1.51. The van der Waals surface area contributed by atoms with E-state index >= 15 is 0 Å². The first-order valence-corrected chi connectivity index (χ1v) is 9.90. The summed E-state index contributed by atoms with van der Waals surface area (Å²) in [6.45, 7) is 7.63. The quantitative estimate of drug-likeness (QED) is 0.785. The highest BCUT2D eigenvalue weighted by Crippen LogP contribution is 2.21. The molecule has 7 nitrogen and oxygen atoms in total. The molecule has 28 heavy (non-hydrogen) atoms. The van der Waals surface area contributed by atoms with Crippen LogP contribution in [0.15, 0.2) is 36.4 Å². The summed E-state index contributed by atoms with van der Waals surface area (Å²) in [5.74, 6) is 2.33. The molecule has 1 aromatic heterocycles. The van der Waals surface area contributed by atoms with E-state index in [0.29, 0.717) is 19.7 Å². The third-order valence-corrected chi connectivity index (χ3v) is 4.87. The Hall–Kier alpha value is -2.83. The zero-order valence-electron chi connectivity index (χ0n) is 16.8. The van der Waals surface area contributed by atoms with Crippen molar-refractivity contribution >= 4 is 17.7 Å². The highest BCUT2D eigenvalue weighted by molar-refractivity contribution is 5.67. The lowest BCUT2D eigenvalue weighted by Crippen LogP contribution is -2.42. The first-order chi connectivity index (χ1) is 13.5. The molecule has 1 aromatic carbocycles. The fourth-order valence-electron chi connectivity index (χ4n) is 3.39. The van der Waals surface area contributed by atoms with Gasteiger partial charge in [-0.05, 0) is 39.2 Å². The predicted octanol–water partition coefficient (Wildman–Crippen LogP) is 3.99. The van der Waals surface area contributed by atoms with E-state index in [9.17, 15) is 4.79 Å². The number of likely N-dealkylation sites (tertiary alicyclic amines) is 1. The van der Waals surface area contributed by atoms with Crippen LogP contribution in [0.25, 0.3) is 0 Å². The van der Waals surface area contributed by atoms with Gasteiger partial charge in [0.2, 0.25) is 0 Å². The second-order valence-corrected chi connectivity index (χ2v) is 7.07. The van der Waals surface area contributed by atoms with E-state index in [1.54, 1.807) is 4.90 Å². The second kappa shape index (κ2) is 9.39. The first-order valence-electron chi connectivity index (χ1n) is 9.90. The van der Waals surface area contributed by atoms with Crippen molar-refractivity contribution < 1.29 is 9.53 Å². The van der Waals surface area contributed by atoms with Crippen molar-refractivity contribution in [3.05, 3.63) is 47.8 Å². The van der Waals surface area contributed by atoms with Gasteiger partial charge in [-0.3, -0.25) is 0 Å². The number of hydrogen-bond donors (Lipinski definition) is 2. The number of nitrogens with zero attached hydrogens (tertiary/aromatic N) is 3. The van der Waals surface area contributed by atoms with Crippen LogP contribution in [0.2, 0.25) is 0 Å². The molecule has 1 unspecified atom stereocenters. The number of aromatic nitrogens is 2. The molecule has 1 aliphatic heterocycles. The van der Waals surface area contributed by atoms with E-state index in [4.69, 9.17) is 4.74 Å². The third-order valence-electron chi connectivity index (χ3n) is 4.87. The SMILES string of the molecule is CCOC(=O)N1CCC(Nc2cc(NC(C)c3ccccc3)nc(C)n2)CC1. The molecule has 0 saturated carbocycles. The number of piperidine rings is 1. The highest BCUT2D eigenvalue weighted by atomic mass is 16.6. The largest absolute Gasteiger partial charge is 0.450 e. The van der Waals surface area contributed by atoms with E-state index in [1.807, 2.05) is 38.1 Å². The van der Waals surface area contributed by atoms with Gasteiger partial charge in [-0.1, -0.05) is 30.3 Å². The van der Waals surface area contributed by atoms with Gasteiger partial charge in [-0.15, -0.1) is 0 Å². The molecule has 150 valence electrons. The van der Waals surface area contributed by atoms with Crippen LogP contribution in [-0.2, 0) is 4.74 Å². The Morgan fingerprint density at radius 3 is 2.57 bits per heavy atom. The van der Waals surface area contributed by atoms with E-state index in [2.05, 4.69) is 39.7 Å². The number of rotatable bonds is 6. The number of ether oxygens (including phenoxy) is 1. The number of carbonyl (C=O) groups excluding carboxylic acids is 1. The molecule has 1 fully saturated rings. The molecular weight excluding hydrogens is 354 g/mol. The van der Waals surface area contributed by atoms with E-state index in [-0.39, 0.29) is 18.2 Å². The molecule has 1 amide bonds. The van der Waals surface area contributed by atoms with Gasteiger partial charge in [0.1, 0.15) is 17.5 Å². The van der Waals surface area contributed by atoms with Gasteiger partial charge in [0.25, 0.3) is 0 Å². The van der Waals surface area contributed by atoms with Crippen LogP contribution in [0.3, 0.4) is 0 Å². The molecule has 2 N–H and O–H groups in total. The zero-order chi connectivity index (χ0) is 19.9. The normalized spacial score (nSPS) is 15.8. The number of carbonyl (C=O) groups is 1. The Morgan fingerprint density at radius 2 is 1.89 bits per heavy atom. The zero-order valence-corrected chi connectivity index (χ0v) is 16.8. The van der Waals surface area contributed by atoms with Gasteiger partial charge in [0.15, 0.2) is 0 Å². The monoisotopic (exact) mass is 383 g/mol. The average Bonchev–Trinajstić information content (AvgIpc) is 2.69. The van der Waals surface area contributed by atoms with Gasteiger partial charge in [-0.25, -0.2) is 14.8 Å². The molecule has 0 bridgehead atoms. The van der Waals surface area contributed by atoms with Crippen molar-refractivity contribution in [3.8, 4) is 0 Å². The number of amides is 1. The van der Waals surface area contributed by atoms with Gasteiger partial charge in [0.05, 0.1) is 6.61 Å². The summed E-state index contributed by atoms with van der Waals surface area (Å²) in [4.78, 5) is 22.6. The van der Waals surface area contributed by atoms with Crippen LogP contribution in [0.4, 0.5) is 16.4 Å². The van der Waals surface area contributed by atoms with E-state index in [1.165, 1.54) is 5.56 Å². The smallest absolute Gasteiger partial charge is 0.409 e. The Balaban J connectivity index is 1.59. The molecule has 7 heteroatoms. The maximum absolute atomic E-state index is 11.8. The van der Waals surface area contributed by atoms with Crippen LogP contribution >= 0.6 is 0 Å². The summed E-state index contributed by atoms with van der Waals surface area (Å²) in [5.41, 5.74) is 1.21. The number of hydrogen-bond acceptors (Lipinski definition) is 6. The Bertz CT molecular complexity index is 776. The summed E-state index contributed by atoms with van der Waals surface area (Å²) < 4.78 is 5.08. The van der Waals surface area contributed by atoms with Crippen LogP contribution in [-0.4, -0.2) is 46.7 Å². The average molecular weight is 383 g/mol. The van der Waals surface area contributed by atoms with Crippen molar-refractivity contribution in [1.82, 2.24) is 14.9 Å². The Kier molecular flexibility index (Phi) is 6.68. The maximum Gasteiger partial charge on any atom is 0.409 e. The number of anilines is 2. The standard InChI is InChI=1S/C21H29N5O2/c1-4-28-21(27)26-12-10-18(11-13-26)25-20-14-19(23-16(3)24-20)22-15(2)17-8-6-5-7-9-17/h5-9,14-15,18H,4,10-13H2,1-3H3,(H2,22,23,24,25). The van der Waals surface area contributed by atoms with Crippen molar-refractivity contribution in [3.63, 3.8) is 0 Å². The van der Waals surface area contributed by atoms with E-state index < -0.39 is 0 Å². The summed E-state index contributed by atoms with van der Waals surface area (Å²) >= 11 is 0. The number of nitrogens with one attached hydrogen (secondary N) is 2. The topological polar surface area (TPSA) is 79.4 Å². The van der Waals surface area contributed by atoms with Crippen LogP contribution in [0.1, 0.15) is 44.1 Å². The van der Waals surface area contributed by atoms with Crippen molar-refractivity contribution in [2.45, 2.75) is 45.7 Å². The number of benzene rings is 1. The molecular formula is C21H29N5O2. The minimum atomic E-state index is -0.222. The minimum absolute atomic E-state index is 0.149. The summed E-state index contributed by atoms with van der Waals surface area (Å²) in [6, 6.07) is 12.7. The lowest BCUT2D eigenvalue weighted by molar-refractivity contribution is 0.0983. The Morgan fingerprint density at radius 1 is 1.21 bits per heavy atom. The lowest BCUT2D eigenvalue weighted by atomic mass is 10.1. The fourth-order valence-corrected chi connectivity index (χ4v) is 3.39. The lowest BCUT2D eigenvalue weighted by Gasteiger charge is -2.32. The molecule has 2 aromatic rings. The molecule has 3 rings (SSSR count). The molecule has 1 saturated heterocycles. The van der Waals surface area contributed by atoms with Crippen LogP contribution < -0.4 is 10.6 Å². The highest BCUT2D eigenvalue weighted by Gasteiger charge is 2.23. The molecule has 2 heterocycles. The van der Waals surface area contributed by atoms with Gasteiger partial charge in [-0.2, -0.15) is 0 Å². The molecule has 1 aliphatic rings. The van der Waals surface area contributed by atoms with Gasteiger partial charge >= 0.3 is 6.09 Å². The summed E-state index contributed by atoms with van der Waals surface area (Å²) in [5, 5.41) is 6.95. The van der Waals surface area contributed by atoms with Crippen molar-refractivity contribution in [1.29, 1.82) is 0 Å². The minimum Gasteiger partial charge on any atom is -0.450 e. The second-order valence-electron chi connectivity index (χ2n) is 7.07. The summed E-state index contributed by atoms with van der Waals surface area (Å²) in [7, 11) is 0. The molecule has 0 aliphatic carbocycles. The van der Waals surface area contributed by atoms with Crippen molar-refractivity contribution in [2.75, 3.05) is 30.3 Å². The Labute approximate surface area is 166 Å². The predicted molar refractivity (Wildman–Crippen MR) is 110 cm³/mol. The molecule has 0 radical (unpaired) electrons.